The van der Waals surface area contributed by atoms with E-state index in [4.69, 9.17) is 14.9 Å². The summed E-state index contributed by atoms with van der Waals surface area (Å²) in [4.78, 5) is 27.5. The molecule has 1 aliphatic rings. The minimum atomic E-state index is -0.255. The summed E-state index contributed by atoms with van der Waals surface area (Å²) in [6.07, 6.45) is 0.518. The van der Waals surface area contributed by atoms with Gasteiger partial charge >= 0.3 is 6.03 Å². The van der Waals surface area contributed by atoms with Crippen LogP contribution in [0.3, 0.4) is 0 Å². The number of piperazine rings is 1. The molecule has 0 bridgehead atoms. The smallest absolute Gasteiger partial charge is 0.314 e. The number of anilines is 1. The van der Waals surface area contributed by atoms with Gasteiger partial charge in [0.15, 0.2) is 11.5 Å². The fourth-order valence-electron chi connectivity index (χ4n) is 4.27. The summed E-state index contributed by atoms with van der Waals surface area (Å²) in [6.45, 7) is 6.51. The molecule has 0 radical (unpaired) electrons. The Morgan fingerprint density at radius 1 is 1.03 bits per heavy atom. The molecule has 1 atom stereocenters. The Balaban J connectivity index is 1.84. The predicted molar refractivity (Wildman–Crippen MR) is 137 cm³/mol. The standard InChI is InChI=1S/C26H35N5O4/c1-17(29-26(33)28-3)14-20-15-23(34-4)24(35-5)16-22(20)25(27)19-6-8-21(9-7-19)31-12-10-30(11-13-31)18(2)32/h6-9,15-17,27H,10-14H2,1-5H3,(H2,28,29,33)/t17-/m1/s1. The van der Waals surface area contributed by atoms with Gasteiger partial charge in [-0.2, -0.15) is 0 Å². The van der Waals surface area contributed by atoms with Gasteiger partial charge in [0.2, 0.25) is 5.91 Å². The summed E-state index contributed by atoms with van der Waals surface area (Å²) >= 11 is 0. The number of rotatable bonds is 8. The molecule has 2 aromatic rings. The third kappa shape index (κ3) is 6.23. The Labute approximate surface area is 206 Å². The molecule has 1 aliphatic heterocycles. The van der Waals surface area contributed by atoms with Crippen LogP contribution >= 0.6 is 0 Å². The van der Waals surface area contributed by atoms with Crippen molar-refractivity contribution in [3.63, 3.8) is 0 Å². The first-order valence-corrected chi connectivity index (χ1v) is 11.7. The normalized spacial score (nSPS) is 14.2. The number of benzene rings is 2. The molecule has 1 heterocycles. The van der Waals surface area contributed by atoms with Crippen LogP contribution in [0, 0.1) is 5.41 Å². The minimum absolute atomic E-state index is 0.110. The van der Waals surface area contributed by atoms with Crippen LogP contribution in [0.4, 0.5) is 10.5 Å². The van der Waals surface area contributed by atoms with Crippen LogP contribution in [0.2, 0.25) is 0 Å². The highest BCUT2D eigenvalue weighted by molar-refractivity contribution is 6.12. The number of methoxy groups -OCH3 is 2. The number of nitrogens with one attached hydrogen (secondary N) is 3. The number of hydrogen-bond donors (Lipinski definition) is 3. The van der Waals surface area contributed by atoms with Gasteiger partial charge in [-0.3, -0.25) is 10.2 Å². The van der Waals surface area contributed by atoms with Gasteiger partial charge in [-0.25, -0.2) is 4.79 Å². The third-order valence-corrected chi connectivity index (χ3v) is 6.26. The van der Waals surface area contributed by atoms with E-state index >= 15 is 0 Å². The van der Waals surface area contributed by atoms with Crippen molar-refractivity contribution in [1.29, 1.82) is 5.41 Å². The molecule has 9 heteroatoms. The van der Waals surface area contributed by atoms with E-state index in [2.05, 4.69) is 15.5 Å². The first kappa shape index (κ1) is 25.9. The predicted octanol–water partition coefficient (Wildman–Crippen LogP) is 2.65. The van der Waals surface area contributed by atoms with Gasteiger partial charge in [0.1, 0.15) is 0 Å². The molecule has 35 heavy (non-hydrogen) atoms. The second-order valence-electron chi connectivity index (χ2n) is 8.61. The lowest BCUT2D eigenvalue weighted by Crippen LogP contribution is -2.48. The van der Waals surface area contributed by atoms with Crippen LogP contribution < -0.4 is 25.0 Å². The highest BCUT2D eigenvalue weighted by atomic mass is 16.5. The molecular formula is C26H35N5O4. The van der Waals surface area contributed by atoms with Crippen molar-refractivity contribution in [2.45, 2.75) is 26.3 Å². The molecule has 188 valence electrons. The Morgan fingerprint density at radius 2 is 1.63 bits per heavy atom. The maximum Gasteiger partial charge on any atom is 0.314 e. The molecule has 3 rings (SSSR count). The minimum Gasteiger partial charge on any atom is -0.493 e. The average Bonchev–Trinajstić information content (AvgIpc) is 2.87. The number of carbonyl (C=O) groups excluding carboxylic acids is 2. The molecule has 1 saturated heterocycles. The Kier molecular flexibility index (Phi) is 8.57. The van der Waals surface area contributed by atoms with Crippen LogP contribution in [-0.2, 0) is 11.2 Å². The maximum absolute atomic E-state index is 11.8. The van der Waals surface area contributed by atoms with Crippen molar-refractivity contribution >= 4 is 23.3 Å². The Morgan fingerprint density at radius 3 is 2.17 bits per heavy atom. The van der Waals surface area contributed by atoms with E-state index < -0.39 is 0 Å². The van der Waals surface area contributed by atoms with Crippen molar-refractivity contribution in [3.05, 3.63) is 53.1 Å². The highest BCUT2D eigenvalue weighted by Crippen LogP contribution is 2.32. The lowest BCUT2D eigenvalue weighted by Gasteiger charge is -2.35. The van der Waals surface area contributed by atoms with Crippen molar-refractivity contribution in [2.24, 2.45) is 0 Å². The fourth-order valence-corrected chi connectivity index (χ4v) is 4.27. The van der Waals surface area contributed by atoms with E-state index in [9.17, 15) is 9.59 Å². The molecule has 0 saturated carbocycles. The van der Waals surface area contributed by atoms with Crippen molar-refractivity contribution < 1.29 is 19.1 Å². The average molecular weight is 482 g/mol. The summed E-state index contributed by atoms with van der Waals surface area (Å²) in [5, 5.41) is 14.4. The molecule has 2 aromatic carbocycles. The largest absolute Gasteiger partial charge is 0.493 e. The van der Waals surface area contributed by atoms with Crippen LogP contribution in [0.15, 0.2) is 36.4 Å². The number of ether oxygens (including phenoxy) is 2. The van der Waals surface area contributed by atoms with Crippen LogP contribution in [0.5, 0.6) is 11.5 Å². The zero-order chi connectivity index (χ0) is 25.5. The van der Waals surface area contributed by atoms with Crippen molar-refractivity contribution in [3.8, 4) is 11.5 Å². The second kappa shape index (κ2) is 11.6. The van der Waals surface area contributed by atoms with Crippen LogP contribution in [-0.4, -0.2) is 76.0 Å². The molecule has 0 aromatic heterocycles. The van der Waals surface area contributed by atoms with Gasteiger partial charge in [-0.1, -0.05) is 12.1 Å². The number of carbonyl (C=O) groups is 2. The van der Waals surface area contributed by atoms with E-state index in [1.54, 1.807) is 28.2 Å². The fraction of sp³-hybridized carbons (Fsp3) is 0.423. The summed E-state index contributed by atoms with van der Waals surface area (Å²) in [6, 6.07) is 11.2. The van der Waals surface area contributed by atoms with Gasteiger partial charge in [0.25, 0.3) is 0 Å². The highest BCUT2D eigenvalue weighted by Gasteiger charge is 2.21. The van der Waals surface area contributed by atoms with E-state index in [0.717, 1.165) is 35.5 Å². The molecular weight excluding hydrogens is 446 g/mol. The second-order valence-corrected chi connectivity index (χ2v) is 8.61. The van der Waals surface area contributed by atoms with Gasteiger partial charge in [-0.15, -0.1) is 0 Å². The lowest BCUT2D eigenvalue weighted by atomic mass is 9.93. The monoisotopic (exact) mass is 481 g/mol. The molecule has 3 amide bonds. The maximum atomic E-state index is 11.8. The summed E-state index contributed by atoms with van der Waals surface area (Å²) in [7, 11) is 4.72. The summed E-state index contributed by atoms with van der Waals surface area (Å²) < 4.78 is 11.0. The van der Waals surface area contributed by atoms with E-state index in [1.807, 2.05) is 48.2 Å². The quantitative estimate of drug-likeness (QED) is 0.503. The van der Waals surface area contributed by atoms with Crippen LogP contribution in [0.1, 0.15) is 30.5 Å². The molecule has 3 N–H and O–H groups in total. The number of urea groups is 1. The van der Waals surface area contributed by atoms with Gasteiger partial charge in [0, 0.05) is 63.0 Å². The zero-order valence-electron chi connectivity index (χ0n) is 21.1. The zero-order valence-corrected chi connectivity index (χ0v) is 21.1. The molecule has 0 aliphatic carbocycles. The van der Waals surface area contributed by atoms with Gasteiger partial charge in [-0.05, 0) is 43.2 Å². The van der Waals surface area contributed by atoms with Gasteiger partial charge in [0.05, 0.1) is 19.9 Å². The first-order chi connectivity index (χ1) is 16.8. The topological polar surface area (TPSA) is 107 Å². The Bertz CT molecular complexity index is 1060. The molecule has 0 spiro atoms. The van der Waals surface area contributed by atoms with Crippen molar-refractivity contribution in [2.75, 3.05) is 52.3 Å². The van der Waals surface area contributed by atoms with E-state index in [-0.39, 0.29) is 18.0 Å². The first-order valence-electron chi connectivity index (χ1n) is 11.7. The molecule has 9 nitrogen and oxygen atoms in total. The molecule has 0 unspecified atom stereocenters. The summed E-state index contributed by atoms with van der Waals surface area (Å²) in [5.74, 6) is 1.23. The summed E-state index contributed by atoms with van der Waals surface area (Å²) in [5.41, 5.74) is 3.80. The van der Waals surface area contributed by atoms with E-state index in [1.165, 1.54) is 0 Å². The number of amides is 3. The third-order valence-electron chi connectivity index (χ3n) is 6.26. The molecule has 1 fully saturated rings. The lowest BCUT2D eigenvalue weighted by molar-refractivity contribution is -0.129. The number of nitrogens with zero attached hydrogens (tertiary/aromatic N) is 2. The van der Waals surface area contributed by atoms with Crippen LogP contribution in [0.25, 0.3) is 0 Å². The Hall–Kier alpha value is -3.75. The van der Waals surface area contributed by atoms with Gasteiger partial charge < -0.3 is 29.9 Å². The number of hydrogen-bond acceptors (Lipinski definition) is 6. The van der Waals surface area contributed by atoms with E-state index in [0.29, 0.717) is 36.7 Å². The van der Waals surface area contributed by atoms with Crippen molar-refractivity contribution in [1.82, 2.24) is 15.5 Å². The SMILES string of the molecule is CNC(=O)N[C@H](C)Cc1cc(OC)c(OC)cc1C(=N)c1ccc(N2CCN(C(C)=O)CC2)cc1.